The second-order valence-electron chi connectivity index (χ2n) is 3.73. The summed E-state index contributed by atoms with van der Waals surface area (Å²) in [5.41, 5.74) is 1.18. The number of hydrogen-bond acceptors (Lipinski definition) is 5. The number of rotatable bonds is 5. The van der Waals surface area contributed by atoms with Crippen LogP contribution in [0.1, 0.15) is 22.8 Å². The summed E-state index contributed by atoms with van der Waals surface area (Å²) in [6, 6.07) is 4.92. The molecule has 0 aliphatic heterocycles. The van der Waals surface area contributed by atoms with Crippen LogP contribution in [0.2, 0.25) is 0 Å². The Morgan fingerprint density at radius 2 is 1.95 bits per heavy atom. The van der Waals surface area contributed by atoms with Gasteiger partial charge >= 0.3 is 11.9 Å². The van der Waals surface area contributed by atoms with Gasteiger partial charge in [0.1, 0.15) is 5.75 Å². The predicted octanol–water partition coefficient (Wildman–Crippen LogP) is 2.31. The molecule has 0 saturated carbocycles. The average Bonchev–Trinajstić information content (AvgIpc) is 2.45. The zero-order valence-electron chi connectivity index (χ0n) is 10.9. The number of benzene rings is 1. The van der Waals surface area contributed by atoms with E-state index in [0.29, 0.717) is 16.6 Å². The molecule has 19 heavy (non-hydrogen) atoms. The Morgan fingerprint density at radius 1 is 1.26 bits per heavy atom. The highest BCUT2D eigenvalue weighted by atomic mass is 79.9. The minimum Gasteiger partial charge on any atom is -0.479 e. The molecule has 1 aromatic carbocycles. The Labute approximate surface area is 120 Å². The van der Waals surface area contributed by atoms with Gasteiger partial charge in [-0.2, -0.15) is 0 Å². The molecule has 0 aliphatic rings. The molecule has 6 heteroatoms. The van der Waals surface area contributed by atoms with Crippen LogP contribution < -0.4 is 4.74 Å². The second kappa shape index (κ2) is 7.13. The molecule has 0 radical (unpaired) electrons. The van der Waals surface area contributed by atoms with Crippen molar-refractivity contribution in [1.29, 1.82) is 0 Å². The highest BCUT2D eigenvalue weighted by Gasteiger charge is 2.18. The van der Waals surface area contributed by atoms with Gasteiger partial charge in [0.05, 0.1) is 19.8 Å². The van der Waals surface area contributed by atoms with Gasteiger partial charge in [-0.15, -0.1) is 0 Å². The maximum Gasteiger partial charge on any atom is 0.346 e. The van der Waals surface area contributed by atoms with Crippen LogP contribution in [-0.4, -0.2) is 32.3 Å². The molecule has 1 rings (SSSR count). The fourth-order valence-electron chi connectivity index (χ4n) is 1.42. The summed E-state index contributed by atoms with van der Waals surface area (Å²) in [5, 5.41) is 0.539. The molecule has 0 heterocycles. The first-order valence-corrected chi connectivity index (χ1v) is 6.67. The Kier molecular flexibility index (Phi) is 5.82. The molecule has 1 atom stereocenters. The van der Waals surface area contributed by atoms with Gasteiger partial charge in [0.2, 0.25) is 0 Å². The second-order valence-corrected chi connectivity index (χ2v) is 4.29. The van der Waals surface area contributed by atoms with Gasteiger partial charge in [0.15, 0.2) is 6.10 Å². The minimum absolute atomic E-state index is 0.360. The van der Waals surface area contributed by atoms with Crippen molar-refractivity contribution in [2.75, 3.05) is 14.2 Å². The molecular weight excluding hydrogens is 316 g/mol. The molecule has 0 spiro atoms. The van der Waals surface area contributed by atoms with E-state index in [2.05, 4.69) is 25.4 Å². The zero-order valence-corrected chi connectivity index (χ0v) is 12.5. The molecule has 0 fully saturated rings. The fraction of sp³-hybridized carbons (Fsp3) is 0.385. The lowest BCUT2D eigenvalue weighted by molar-refractivity contribution is -0.147. The van der Waals surface area contributed by atoms with Gasteiger partial charge in [-0.1, -0.05) is 22.0 Å². The lowest BCUT2D eigenvalue weighted by Crippen LogP contribution is -2.25. The summed E-state index contributed by atoms with van der Waals surface area (Å²) in [7, 11) is 2.59. The Hall–Kier alpha value is -1.56. The summed E-state index contributed by atoms with van der Waals surface area (Å²) in [4.78, 5) is 22.8. The van der Waals surface area contributed by atoms with E-state index in [0.717, 1.165) is 5.56 Å². The van der Waals surface area contributed by atoms with E-state index in [-0.39, 0.29) is 0 Å². The number of hydrogen-bond donors (Lipinski definition) is 0. The molecule has 0 amide bonds. The SMILES string of the molecule is COC(=O)c1ccc(CBr)c(OC(C)C(=O)OC)c1. The van der Waals surface area contributed by atoms with E-state index in [1.165, 1.54) is 14.2 Å². The van der Waals surface area contributed by atoms with Crippen molar-refractivity contribution in [3.05, 3.63) is 29.3 Å². The highest BCUT2D eigenvalue weighted by Crippen LogP contribution is 2.24. The van der Waals surface area contributed by atoms with Crippen LogP contribution in [0.25, 0.3) is 0 Å². The molecule has 1 unspecified atom stereocenters. The summed E-state index contributed by atoms with van der Waals surface area (Å²) in [6.07, 6.45) is -0.754. The molecule has 5 nitrogen and oxygen atoms in total. The summed E-state index contributed by atoms with van der Waals surface area (Å²) in [5.74, 6) is -0.502. The van der Waals surface area contributed by atoms with Gasteiger partial charge in [0.25, 0.3) is 0 Å². The van der Waals surface area contributed by atoms with Crippen LogP contribution in [0.3, 0.4) is 0 Å². The monoisotopic (exact) mass is 330 g/mol. The van der Waals surface area contributed by atoms with E-state index in [9.17, 15) is 9.59 Å². The van der Waals surface area contributed by atoms with Crippen molar-refractivity contribution in [3.8, 4) is 5.75 Å². The average molecular weight is 331 g/mol. The first-order chi connectivity index (χ1) is 9.03. The third kappa shape index (κ3) is 3.96. The van der Waals surface area contributed by atoms with E-state index in [1.54, 1.807) is 25.1 Å². The van der Waals surface area contributed by atoms with Crippen molar-refractivity contribution in [1.82, 2.24) is 0 Å². The zero-order chi connectivity index (χ0) is 14.4. The molecular formula is C13H15BrO5. The number of methoxy groups -OCH3 is 2. The van der Waals surface area contributed by atoms with Crippen LogP contribution in [0.15, 0.2) is 18.2 Å². The third-order valence-electron chi connectivity index (χ3n) is 2.47. The normalized spacial score (nSPS) is 11.6. The molecule has 104 valence electrons. The van der Waals surface area contributed by atoms with Crippen LogP contribution in [-0.2, 0) is 19.6 Å². The molecule has 0 N–H and O–H groups in total. The van der Waals surface area contributed by atoms with E-state index in [1.807, 2.05) is 0 Å². The third-order valence-corrected chi connectivity index (χ3v) is 3.07. The Balaban J connectivity index is 3.02. The van der Waals surface area contributed by atoms with Crippen LogP contribution in [0, 0.1) is 0 Å². The number of alkyl halides is 1. The Bertz CT molecular complexity index is 472. The minimum atomic E-state index is -0.754. The van der Waals surface area contributed by atoms with Crippen LogP contribution in [0.4, 0.5) is 0 Å². The smallest absolute Gasteiger partial charge is 0.346 e. The summed E-state index contributed by atoms with van der Waals surface area (Å²) < 4.78 is 14.7. The number of esters is 2. The van der Waals surface area contributed by atoms with E-state index >= 15 is 0 Å². The number of ether oxygens (including phenoxy) is 3. The lowest BCUT2D eigenvalue weighted by atomic mass is 10.1. The molecule has 0 aromatic heterocycles. The number of carbonyl (C=O) groups is 2. The van der Waals surface area contributed by atoms with Gasteiger partial charge in [0, 0.05) is 10.9 Å². The first kappa shape index (κ1) is 15.5. The Morgan fingerprint density at radius 3 is 2.47 bits per heavy atom. The summed E-state index contributed by atoms with van der Waals surface area (Å²) >= 11 is 3.32. The van der Waals surface area contributed by atoms with Gasteiger partial charge in [-0.25, -0.2) is 9.59 Å². The topological polar surface area (TPSA) is 61.8 Å². The molecule has 0 saturated heterocycles. The highest BCUT2D eigenvalue weighted by molar-refractivity contribution is 9.08. The van der Waals surface area contributed by atoms with Crippen LogP contribution in [0.5, 0.6) is 5.75 Å². The fourth-order valence-corrected chi connectivity index (χ4v) is 1.89. The number of carbonyl (C=O) groups excluding carboxylic acids is 2. The lowest BCUT2D eigenvalue weighted by Gasteiger charge is -2.15. The molecule has 1 aromatic rings. The number of halogens is 1. The largest absolute Gasteiger partial charge is 0.479 e. The van der Waals surface area contributed by atoms with Crippen molar-refractivity contribution in [2.45, 2.75) is 18.4 Å². The van der Waals surface area contributed by atoms with Crippen molar-refractivity contribution in [3.63, 3.8) is 0 Å². The first-order valence-electron chi connectivity index (χ1n) is 5.55. The predicted molar refractivity (Wildman–Crippen MR) is 72.5 cm³/mol. The van der Waals surface area contributed by atoms with Crippen molar-refractivity contribution < 1.29 is 23.8 Å². The molecule has 0 bridgehead atoms. The van der Waals surface area contributed by atoms with E-state index < -0.39 is 18.0 Å². The maximum atomic E-state index is 11.5. The van der Waals surface area contributed by atoms with Gasteiger partial charge in [-0.05, 0) is 19.1 Å². The van der Waals surface area contributed by atoms with Gasteiger partial charge in [-0.3, -0.25) is 0 Å². The van der Waals surface area contributed by atoms with Crippen molar-refractivity contribution in [2.24, 2.45) is 0 Å². The van der Waals surface area contributed by atoms with Crippen molar-refractivity contribution >= 4 is 27.9 Å². The summed E-state index contributed by atoms with van der Waals surface area (Å²) in [6.45, 7) is 1.58. The molecule has 0 aliphatic carbocycles. The van der Waals surface area contributed by atoms with E-state index in [4.69, 9.17) is 4.74 Å². The van der Waals surface area contributed by atoms with Gasteiger partial charge < -0.3 is 14.2 Å². The maximum absolute atomic E-state index is 11.5. The standard InChI is InChI=1S/C13H15BrO5/c1-8(12(15)17-2)19-11-6-9(13(16)18-3)4-5-10(11)7-14/h4-6,8H,7H2,1-3H3. The van der Waals surface area contributed by atoms with Crippen LogP contribution >= 0.6 is 15.9 Å². The quantitative estimate of drug-likeness (QED) is 0.612.